The SMILES string of the molecule is CC(=O)OC[C@H]1O[C@@H](n2cnc3c(N4CC5(CCCCCC5)c5ccccc54)nc(Cl)nc32)[C@H](OC(C)=O)[C@@H]1OC(C)=O. The van der Waals surface area contributed by atoms with Crippen LogP contribution in [0.3, 0.4) is 0 Å². The highest BCUT2D eigenvalue weighted by Gasteiger charge is 2.51. The van der Waals surface area contributed by atoms with Gasteiger partial charge in [-0.15, -0.1) is 0 Å². The standard InChI is InChI=1S/C30H34ClN5O7/c1-17(37)40-14-22-24(41-18(2)38)25(42-19(3)39)28(43-22)36-16-32-23-26(33-29(31)34-27(23)36)35-15-30(12-8-4-5-9-13-30)20-10-6-7-11-21(20)35/h6-7,10-11,16,22,24-25,28H,4-5,8-9,12-15H2,1-3H3/t22-,24-,25-,28-/m1/s1. The Morgan fingerprint density at radius 1 is 0.977 bits per heavy atom. The minimum absolute atomic E-state index is 0.00950. The zero-order valence-corrected chi connectivity index (χ0v) is 25.1. The van der Waals surface area contributed by atoms with Crippen molar-refractivity contribution in [1.29, 1.82) is 0 Å². The van der Waals surface area contributed by atoms with E-state index in [-0.39, 0.29) is 17.3 Å². The van der Waals surface area contributed by atoms with E-state index in [1.807, 2.05) is 6.07 Å². The molecule has 3 aromatic rings. The molecule has 0 amide bonds. The molecular weight excluding hydrogens is 578 g/mol. The maximum atomic E-state index is 12.2. The van der Waals surface area contributed by atoms with Gasteiger partial charge in [0.15, 0.2) is 35.4 Å². The van der Waals surface area contributed by atoms with Crippen molar-refractivity contribution >= 4 is 52.2 Å². The van der Waals surface area contributed by atoms with Gasteiger partial charge in [-0.2, -0.15) is 9.97 Å². The summed E-state index contributed by atoms with van der Waals surface area (Å²) in [6, 6.07) is 8.43. The average Bonchev–Trinajstić information content (AvgIpc) is 3.54. The number of ether oxygens (including phenoxy) is 4. The van der Waals surface area contributed by atoms with Gasteiger partial charge in [-0.3, -0.25) is 19.0 Å². The first-order chi connectivity index (χ1) is 20.7. The number of imidazole rings is 1. The number of fused-ring (bicyclic) bond motifs is 3. The van der Waals surface area contributed by atoms with E-state index < -0.39 is 42.4 Å². The van der Waals surface area contributed by atoms with E-state index in [1.165, 1.54) is 58.3 Å². The molecule has 0 bridgehead atoms. The zero-order chi connectivity index (χ0) is 30.3. The highest BCUT2D eigenvalue weighted by molar-refractivity contribution is 6.28. The van der Waals surface area contributed by atoms with Crippen LogP contribution in [0.2, 0.25) is 5.28 Å². The maximum absolute atomic E-state index is 12.2. The smallest absolute Gasteiger partial charge is 0.303 e. The first-order valence-electron chi connectivity index (χ1n) is 14.6. The van der Waals surface area contributed by atoms with Crippen molar-refractivity contribution in [3.63, 3.8) is 0 Å². The molecule has 0 unspecified atom stereocenters. The van der Waals surface area contributed by atoms with E-state index >= 15 is 0 Å². The molecule has 2 fully saturated rings. The van der Waals surface area contributed by atoms with E-state index in [4.69, 9.17) is 35.5 Å². The Morgan fingerprint density at radius 3 is 2.37 bits per heavy atom. The van der Waals surface area contributed by atoms with Crippen molar-refractivity contribution in [2.24, 2.45) is 0 Å². The van der Waals surface area contributed by atoms with E-state index in [0.29, 0.717) is 17.0 Å². The average molecular weight is 612 g/mol. The second-order valence-corrected chi connectivity index (χ2v) is 11.8. The lowest BCUT2D eigenvalue weighted by Crippen LogP contribution is -2.40. The summed E-state index contributed by atoms with van der Waals surface area (Å²) < 4.78 is 24.1. The van der Waals surface area contributed by atoms with Gasteiger partial charge in [0, 0.05) is 38.4 Å². The Balaban J connectivity index is 1.42. The highest BCUT2D eigenvalue weighted by atomic mass is 35.5. The molecule has 1 spiro atoms. The van der Waals surface area contributed by atoms with Crippen LogP contribution >= 0.6 is 11.6 Å². The molecule has 12 nitrogen and oxygen atoms in total. The molecule has 2 aliphatic heterocycles. The van der Waals surface area contributed by atoms with Gasteiger partial charge in [0.05, 0.1) is 6.33 Å². The Bertz CT molecular complexity index is 1550. The number of para-hydroxylation sites is 1. The fourth-order valence-corrected chi connectivity index (χ4v) is 6.98. The molecule has 0 radical (unpaired) electrons. The van der Waals surface area contributed by atoms with Crippen molar-refractivity contribution in [1.82, 2.24) is 19.5 Å². The summed E-state index contributed by atoms with van der Waals surface area (Å²) in [5, 5.41) is 0.0126. The minimum Gasteiger partial charge on any atom is -0.463 e. The fourth-order valence-electron chi connectivity index (χ4n) is 6.82. The van der Waals surface area contributed by atoms with Crippen molar-refractivity contribution in [3.05, 3.63) is 41.4 Å². The number of halogens is 1. The van der Waals surface area contributed by atoms with Crippen molar-refractivity contribution in [2.75, 3.05) is 18.1 Å². The number of hydrogen-bond acceptors (Lipinski definition) is 11. The molecule has 1 aliphatic carbocycles. The molecule has 4 atom stereocenters. The Labute approximate surface area is 253 Å². The van der Waals surface area contributed by atoms with Crippen LogP contribution in [0, 0.1) is 0 Å². The number of esters is 3. The molecular formula is C30H34ClN5O7. The Hall–Kier alpha value is -3.77. The van der Waals surface area contributed by atoms with Gasteiger partial charge in [0.2, 0.25) is 5.28 Å². The third kappa shape index (κ3) is 5.53. The maximum Gasteiger partial charge on any atom is 0.303 e. The summed E-state index contributed by atoms with van der Waals surface area (Å²) in [6.07, 6.45) is 4.44. The lowest BCUT2D eigenvalue weighted by molar-refractivity contribution is -0.166. The highest BCUT2D eigenvalue weighted by Crippen LogP contribution is 2.51. The second-order valence-electron chi connectivity index (χ2n) is 11.5. The van der Waals surface area contributed by atoms with Crippen LogP contribution in [0.25, 0.3) is 11.2 Å². The van der Waals surface area contributed by atoms with E-state index in [0.717, 1.165) is 25.1 Å². The molecule has 228 valence electrons. The number of nitrogens with zero attached hydrogens (tertiary/aromatic N) is 5. The predicted octanol–water partition coefficient (Wildman–Crippen LogP) is 4.55. The fraction of sp³-hybridized carbons (Fsp3) is 0.533. The predicted molar refractivity (Wildman–Crippen MR) is 155 cm³/mol. The summed E-state index contributed by atoms with van der Waals surface area (Å²) in [5.41, 5.74) is 3.23. The number of hydrogen-bond donors (Lipinski definition) is 0. The second kappa shape index (κ2) is 11.7. The molecule has 4 heterocycles. The lowest BCUT2D eigenvalue weighted by Gasteiger charge is -2.29. The molecule has 1 saturated heterocycles. The number of carbonyl (C=O) groups excluding carboxylic acids is 3. The summed E-state index contributed by atoms with van der Waals surface area (Å²) in [5.74, 6) is -1.18. The Kier molecular flexibility index (Phi) is 7.99. The lowest BCUT2D eigenvalue weighted by atomic mass is 9.76. The molecule has 1 saturated carbocycles. The number of carbonyl (C=O) groups is 3. The molecule has 13 heteroatoms. The summed E-state index contributed by atoms with van der Waals surface area (Å²) in [6.45, 7) is 4.27. The van der Waals surface area contributed by atoms with Crippen LogP contribution in [0.15, 0.2) is 30.6 Å². The quantitative estimate of drug-likeness (QED) is 0.221. The molecule has 3 aliphatic rings. The number of benzene rings is 1. The summed E-state index contributed by atoms with van der Waals surface area (Å²) >= 11 is 6.56. The van der Waals surface area contributed by atoms with Crippen LogP contribution in [0.4, 0.5) is 11.5 Å². The molecule has 6 rings (SSSR count). The van der Waals surface area contributed by atoms with Crippen molar-refractivity contribution in [2.45, 2.75) is 89.3 Å². The zero-order valence-electron chi connectivity index (χ0n) is 24.3. The van der Waals surface area contributed by atoms with Crippen molar-refractivity contribution in [3.8, 4) is 0 Å². The van der Waals surface area contributed by atoms with E-state index in [2.05, 4.69) is 33.1 Å². The van der Waals surface area contributed by atoms with Crippen LogP contribution in [-0.4, -0.2) is 68.9 Å². The van der Waals surface area contributed by atoms with E-state index in [1.54, 1.807) is 4.57 Å². The molecule has 1 aromatic carbocycles. The first-order valence-corrected chi connectivity index (χ1v) is 14.9. The monoisotopic (exact) mass is 611 g/mol. The van der Waals surface area contributed by atoms with Crippen LogP contribution in [0.1, 0.15) is 71.1 Å². The van der Waals surface area contributed by atoms with Gasteiger partial charge in [-0.25, -0.2) is 4.98 Å². The first kappa shape index (κ1) is 29.3. The van der Waals surface area contributed by atoms with Gasteiger partial charge in [-0.05, 0) is 36.1 Å². The van der Waals surface area contributed by atoms with E-state index in [9.17, 15) is 14.4 Å². The largest absolute Gasteiger partial charge is 0.463 e. The van der Waals surface area contributed by atoms with Gasteiger partial charge >= 0.3 is 17.9 Å². The Morgan fingerprint density at radius 2 is 1.67 bits per heavy atom. The minimum atomic E-state index is -1.08. The third-order valence-electron chi connectivity index (χ3n) is 8.53. The van der Waals surface area contributed by atoms with Crippen LogP contribution < -0.4 is 4.90 Å². The third-order valence-corrected chi connectivity index (χ3v) is 8.70. The number of anilines is 2. The number of aromatic nitrogens is 4. The van der Waals surface area contributed by atoms with Crippen LogP contribution in [0.5, 0.6) is 0 Å². The summed E-state index contributed by atoms with van der Waals surface area (Å²) in [4.78, 5) is 51.8. The van der Waals surface area contributed by atoms with Crippen LogP contribution in [-0.2, 0) is 38.7 Å². The molecule has 0 N–H and O–H groups in total. The van der Waals surface area contributed by atoms with Crippen molar-refractivity contribution < 1.29 is 33.3 Å². The molecule has 2 aromatic heterocycles. The number of rotatable bonds is 6. The van der Waals surface area contributed by atoms with Gasteiger partial charge in [0.25, 0.3) is 0 Å². The van der Waals surface area contributed by atoms with Gasteiger partial charge in [0.1, 0.15) is 12.7 Å². The topological polar surface area (TPSA) is 135 Å². The van der Waals surface area contributed by atoms with Gasteiger partial charge in [-0.1, -0.05) is 43.9 Å². The van der Waals surface area contributed by atoms with Gasteiger partial charge < -0.3 is 23.8 Å². The summed E-state index contributed by atoms with van der Waals surface area (Å²) in [7, 11) is 0. The normalized spacial score (nSPS) is 24.5. The molecule has 43 heavy (non-hydrogen) atoms.